The van der Waals surface area contributed by atoms with Crippen LogP contribution in [0.2, 0.25) is 0 Å². The molecule has 0 amide bonds. The minimum atomic E-state index is -3.72. The summed E-state index contributed by atoms with van der Waals surface area (Å²) in [5, 5.41) is 9.91. The van der Waals surface area contributed by atoms with Gasteiger partial charge in [0.2, 0.25) is 10.0 Å². The van der Waals surface area contributed by atoms with Gasteiger partial charge in [-0.1, -0.05) is 28.8 Å². The van der Waals surface area contributed by atoms with Crippen LogP contribution in [0.15, 0.2) is 26.0 Å². The highest BCUT2D eigenvalue weighted by Gasteiger charge is 2.27. The van der Waals surface area contributed by atoms with Gasteiger partial charge >= 0.3 is 0 Å². The maximum Gasteiger partial charge on any atom is 0.243 e. The second-order valence-corrected chi connectivity index (χ2v) is 8.74. The Bertz CT molecular complexity index is 599. The Balaban J connectivity index is 2.15. The van der Waals surface area contributed by atoms with E-state index in [1.807, 2.05) is 0 Å². The molecular weight excluding hydrogens is 424 g/mol. The predicted molar refractivity (Wildman–Crippen MR) is 89.4 cm³/mol. The van der Waals surface area contributed by atoms with Gasteiger partial charge < -0.3 is 10.8 Å². The number of hydrogen-bond acceptors (Lipinski definition) is 4. The van der Waals surface area contributed by atoms with Crippen LogP contribution in [0.1, 0.15) is 25.7 Å². The summed E-state index contributed by atoms with van der Waals surface area (Å²) in [6.07, 6.45) is 3.15. The van der Waals surface area contributed by atoms with Crippen molar-refractivity contribution in [3.8, 4) is 0 Å². The molecule has 1 aromatic carbocycles. The standard InChI is InChI=1S/C13H18Br2N2O3S/c14-9-5-10(15)13(11(16)6-9)21(19,20)17-7-8-3-1-2-4-12(8)18/h5-6,8,12,17-18H,1-4,7,16H2. The van der Waals surface area contributed by atoms with E-state index in [0.717, 1.165) is 25.7 Å². The summed E-state index contributed by atoms with van der Waals surface area (Å²) in [5.41, 5.74) is 5.99. The first-order chi connectivity index (χ1) is 9.81. The van der Waals surface area contributed by atoms with E-state index in [1.54, 1.807) is 12.1 Å². The maximum atomic E-state index is 12.4. The van der Waals surface area contributed by atoms with E-state index in [1.165, 1.54) is 0 Å². The fourth-order valence-corrected chi connectivity index (χ4v) is 5.74. The highest BCUT2D eigenvalue weighted by atomic mass is 79.9. The highest BCUT2D eigenvalue weighted by molar-refractivity contribution is 9.11. The van der Waals surface area contributed by atoms with Crippen LogP contribution in [0.3, 0.4) is 0 Å². The third-order valence-electron chi connectivity index (χ3n) is 3.71. The zero-order chi connectivity index (χ0) is 15.6. The summed E-state index contributed by atoms with van der Waals surface area (Å²) >= 11 is 6.50. The van der Waals surface area contributed by atoms with Crippen molar-refractivity contribution in [2.45, 2.75) is 36.7 Å². The summed E-state index contributed by atoms with van der Waals surface area (Å²) < 4.78 is 28.5. The molecule has 5 nitrogen and oxygen atoms in total. The van der Waals surface area contributed by atoms with Crippen LogP contribution in [0.25, 0.3) is 0 Å². The van der Waals surface area contributed by atoms with Gasteiger partial charge in [-0.05, 0) is 46.8 Å². The molecular formula is C13H18Br2N2O3S. The van der Waals surface area contributed by atoms with Gasteiger partial charge in [0.15, 0.2) is 0 Å². The summed E-state index contributed by atoms with van der Waals surface area (Å²) in [6.45, 7) is 0.228. The van der Waals surface area contributed by atoms with Crippen molar-refractivity contribution in [2.24, 2.45) is 5.92 Å². The molecule has 1 aliphatic carbocycles. The number of rotatable bonds is 4. The van der Waals surface area contributed by atoms with E-state index in [-0.39, 0.29) is 23.0 Å². The molecule has 1 fully saturated rings. The summed E-state index contributed by atoms with van der Waals surface area (Å²) in [6, 6.07) is 3.19. The third kappa shape index (κ3) is 4.19. The lowest BCUT2D eigenvalue weighted by Gasteiger charge is -2.27. The van der Waals surface area contributed by atoms with Crippen molar-refractivity contribution in [1.29, 1.82) is 0 Å². The first kappa shape index (κ1) is 17.2. The molecule has 118 valence electrons. The molecule has 0 radical (unpaired) electrons. The Kier molecular flexibility index (Phi) is 5.70. The molecule has 1 aliphatic rings. The van der Waals surface area contributed by atoms with Crippen LogP contribution in [0, 0.1) is 5.92 Å². The molecule has 1 saturated carbocycles. The number of hydrogen-bond donors (Lipinski definition) is 3. The molecule has 2 rings (SSSR count). The molecule has 2 atom stereocenters. The lowest BCUT2D eigenvalue weighted by Crippen LogP contribution is -2.37. The topological polar surface area (TPSA) is 92.4 Å². The fourth-order valence-electron chi connectivity index (χ4n) is 2.58. The average Bonchev–Trinajstić information content (AvgIpc) is 2.36. The number of aliphatic hydroxyl groups excluding tert-OH is 1. The van der Waals surface area contributed by atoms with Crippen molar-refractivity contribution in [3.05, 3.63) is 21.1 Å². The van der Waals surface area contributed by atoms with Gasteiger partial charge in [-0.25, -0.2) is 13.1 Å². The van der Waals surface area contributed by atoms with Crippen LogP contribution in [-0.2, 0) is 10.0 Å². The van der Waals surface area contributed by atoms with E-state index < -0.39 is 16.1 Å². The highest BCUT2D eigenvalue weighted by Crippen LogP contribution is 2.32. The number of benzene rings is 1. The van der Waals surface area contributed by atoms with Gasteiger partial charge in [0.1, 0.15) is 4.90 Å². The number of sulfonamides is 1. The zero-order valence-electron chi connectivity index (χ0n) is 11.4. The van der Waals surface area contributed by atoms with E-state index in [2.05, 4.69) is 36.6 Å². The number of nitrogens with one attached hydrogen (secondary N) is 1. The Hall–Kier alpha value is -0.150. The van der Waals surface area contributed by atoms with Crippen LogP contribution >= 0.6 is 31.9 Å². The Morgan fingerprint density at radius 1 is 1.29 bits per heavy atom. The van der Waals surface area contributed by atoms with E-state index in [4.69, 9.17) is 5.73 Å². The first-order valence-corrected chi connectivity index (χ1v) is 9.80. The molecule has 2 unspecified atom stereocenters. The van der Waals surface area contributed by atoms with Crippen LogP contribution < -0.4 is 10.5 Å². The largest absolute Gasteiger partial charge is 0.398 e. The van der Waals surface area contributed by atoms with Crippen molar-refractivity contribution in [1.82, 2.24) is 4.72 Å². The molecule has 0 bridgehead atoms. The minimum absolute atomic E-state index is 0.0380. The molecule has 0 aromatic heterocycles. The van der Waals surface area contributed by atoms with Gasteiger partial charge in [-0.2, -0.15) is 0 Å². The predicted octanol–water partition coefficient (Wildman–Crippen LogP) is 2.62. The Morgan fingerprint density at radius 2 is 1.95 bits per heavy atom. The van der Waals surface area contributed by atoms with Crippen LogP contribution in [0.4, 0.5) is 5.69 Å². The summed E-state index contributed by atoms with van der Waals surface area (Å²) in [4.78, 5) is 0.0380. The zero-order valence-corrected chi connectivity index (χ0v) is 15.3. The maximum absolute atomic E-state index is 12.4. The van der Waals surface area contributed by atoms with Gasteiger partial charge in [-0.15, -0.1) is 0 Å². The van der Waals surface area contributed by atoms with E-state index in [0.29, 0.717) is 8.95 Å². The molecule has 0 aliphatic heterocycles. The molecule has 8 heteroatoms. The van der Waals surface area contributed by atoms with Crippen molar-refractivity contribution < 1.29 is 13.5 Å². The van der Waals surface area contributed by atoms with Crippen molar-refractivity contribution >= 4 is 47.6 Å². The number of halogens is 2. The van der Waals surface area contributed by atoms with Crippen molar-refractivity contribution in [2.75, 3.05) is 12.3 Å². The first-order valence-electron chi connectivity index (χ1n) is 6.73. The number of nitrogen functional groups attached to an aromatic ring is 1. The minimum Gasteiger partial charge on any atom is -0.398 e. The second kappa shape index (κ2) is 6.95. The monoisotopic (exact) mass is 440 g/mol. The third-order valence-corrected chi connectivity index (χ3v) is 6.60. The average molecular weight is 442 g/mol. The SMILES string of the molecule is Nc1cc(Br)cc(Br)c1S(=O)(=O)NCC1CCCCC1O. The van der Waals surface area contributed by atoms with Gasteiger partial charge in [0, 0.05) is 15.5 Å². The molecule has 1 aromatic rings. The van der Waals surface area contributed by atoms with E-state index in [9.17, 15) is 13.5 Å². The van der Waals surface area contributed by atoms with Gasteiger partial charge in [0.25, 0.3) is 0 Å². The lowest BCUT2D eigenvalue weighted by atomic mass is 9.87. The fraction of sp³-hybridized carbons (Fsp3) is 0.538. The molecule has 0 spiro atoms. The van der Waals surface area contributed by atoms with Gasteiger partial charge in [-0.3, -0.25) is 0 Å². The quantitative estimate of drug-likeness (QED) is 0.626. The Labute approximate surface area is 141 Å². The normalized spacial score (nSPS) is 23.2. The summed E-state index contributed by atoms with van der Waals surface area (Å²) in [7, 11) is -3.72. The molecule has 0 heterocycles. The molecule has 21 heavy (non-hydrogen) atoms. The smallest absolute Gasteiger partial charge is 0.243 e. The van der Waals surface area contributed by atoms with E-state index >= 15 is 0 Å². The summed E-state index contributed by atoms with van der Waals surface area (Å²) in [5.74, 6) is -0.0380. The number of aliphatic hydroxyl groups is 1. The molecule has 4 N–H and O–H groups in total. The number of nitrogens with two attached hydrogens (primary N) is 1. The van der Waals surface area contributed by atoms with Gasteiger partial charge in [0.05, 0.1) is 11.8 Å². The second-order valence-electron chi connectivity index (χ2n) is 5.27. The molecule has 0 saturated heterocycles. The van der Waals surface area contributed by atoms with Crippen molar-refractivity contribution in [3.63, 3.8) is 0 Å². The van der Waals surface area contributed by atoms with Crippen LogP contribution in [0.5, 0.6) is 0 Å². The Morgan fingerprint density at radius 3 is 2.57 bits per heavy atom. The lowest BCUT2D eigenvalue weighted by molar-refractivity contribution is 0.0724. The van der Waals surface area contributed by atoms with Crippen LogP contribution in [-0.4, -0.2) is 26.2 Å². The number of anilines is 1.